The molecule has 7 heteroatoms. The number of hydrogen-bond acceptors (Lipinski definition) is 3. The lowest BCUT2D eigenvalue weighted by Crippen LogP contribution is -2.38. The molecule has 1 aromatic carbocycles. The van der Waals surface area contributed by atoms with Crippen LogP contribution in [-0.2, 0) is 13.6 Å². The van der Waals surface area contributed by atoms with Crippen LogP contribution in [0, 0.1) is 0 Å². The zero-order valence-corrected chi connectivity index (χ0v) is 14.6. The van der Waals surface area contributed by atoms with E-state index in [1.54, 1.807) is 17.9 Å². The van der Waals surface area contributed by atoms with E-state index in [1.807, 2.05) is 36.5 Å². The predicted molar refractivity (Wildman–Crippen MR) is 92.4 cm³/mol. The minimum atomic E-state index is -0.0802. The average molecular weight is 349 g/mol. The molecular weight excluding hydrogens is 328 g/mol. The number of amides is 2. The Kier molecular flexibility index (Phi) is 4.94. The molecule has 0 radical (unpaired) electrons. The largest absolute Gasteiger partial charge is 0.496 e. The van der Waals surface area contributed by atoms with Crippen molar-refractivity contribution in [3.63, 3.8) is 0 Å². The van der Waals surface area contributed by atoms with Gasteiger partial charge in [0.2, 0.25) is 0 Å². The second-order valence-corrected chi connectivity index (χ2v) is 6.37. The lowest BCUT2D eigenvalue weighted by molar-refractivity contribution is 0.207. The van der Waals surface area contributed by atoms with E-state index < -0.39 is 0 Å². The van der Waals surface area contributed by atoms with Crippen LogP contribution in [-0.4, -0.2) is 40.9 Å². The first-order chi connectivity index (χ1) is 11.6. The number of aryl methyl sites for hydroxylation is 1. The van der Waals surface area contributed by atoms with E-state index in [1.165, 1.54) is 5.56 Å². The third kappa shape index (κ3) is 3.48. The van der Waals surface area contributed by atoms with E-state index in [9.17, 15) is 4.79 Å². The maximum Gasteiger partial charge on any atom is 0.317 e. The number of rotatable bonds is 4. The second kappa shape index (κ2) is 7.13. The first-order valence-electron chi connectivity index (χ1n) is 7.91. The Morgan fingerprint density at radius 3 is 3.04 bits per heavy atom. The minimum Gasteiger partial charge on any atom is -0.496 e. The maximum absolute atomic E-state index is 12.4. The van der Waals surface area contributed by atoms with Crippen molar-refractivity contribution in [2.24, 2.45) is 7.05 Å². The van der Waals surface area contributed by atoms with Crippen LogP contribution in [0.15, 0.2) is 30.6 Å². The molecule has 1 saturated heterocycles. The van der Waals surface area contributed by atoms with Gasteiger partial charge in [-0.1, -0.05) is 17.7 Å². The SMILES string of the molecule is COc1cccc(Cl)c1CNC(=O)N1CC[C@H](c2cnn(C)c2)C1. The lowest BCUT2D eigenvalue weighted by Gasteiger charge is -2.18. The Labute approximate surface area is 146 Å². The minimum absolute atomic E-state index is 0.0802. The van der Waals surface area contributed by atoms with Crippen molar-refractivity contribution in [3.8, 4) is 5.75 Å². The quantitative estimate of drug-likeness (QED) is 0.924. The Bertz CT molecular complexity index is 731. The van der Waals surface area contributed by atoms with E-state index in [4.69, 9.17) is 16.3 Å². The highest BCUT2D eigenvalue weighted by atomic mass is 35.5. The zero-order valence-electron chi connectivity index (χ0n) is 13.8. The summed E-state index contributed by atoms with van der Waals surface area (Å²) in [7, 11) is 3.50. The smallest absolute Gasteiger partial charge is 0.317 e. The van der Waals surface area contributed by atoms with E-state index in [-0.39, 0.29) is 6.03 Å². The third-order valence-electron chi connectivity index (χ3n) is 4.38. The van der Waals surface area contributed by atoms with Crippen LogP contribution in [0.4, 0.5) is 4.79 Å². The number of likely N-dealkylation sites (tertiary alicyclic amines) is 1. The molecule has 0 aliphatic carbocycles. The molecule has 3 rings (SSSR count). The van der Waals surface area contributed by atoms with Gasteiger partial charge in [-0.15, -0.1) is 0 Å². The van der Waals surface area contributed by atoms with Gasteiger partial charge in [-0.05, 0) is 24.1 Å². The first kappa shape index (κ1) is 16.6. The molecule has 0 unspecified atom stereocenters. The van der Waals surface area contributed by atoms with Crippen molar-refractivity contribution in [3.05, 3.63) is 46.7 Å². The fourth-order valence-corrected chi connectivity index (χ4v) is 3.28. The summed E-state index contributed by atoms with van der Waals surface area (Å²) in [6, 6.07) is 5.37. The van der Waals surface area contributed by atoms with Crippen molar-refractivity contribution in [2.45, 2.75) is 18.9 Å². The van der Waals surface area contributed by atoms with Gasteiger partial charge in [0.05, 0.1) is 13.3 Å². The molecule has 128 valence electrons. The monoisotopic (exact) mass is 348 g/mol. The zero-order chi connectivity index (χ0) is 17.1. The molecule has 1 atom stereocenters. The molecule has 0 bridgehead atoms. The van der Waals surface area contributed by atoms with Crippen molar-refractivity contribution in [1.82, 2.24) is 20.0 Å². The Morgan fingerprint density at radius 2 is 2.33 bits per heavy atom. The van der Waals surface area contributed by atoms with Crippen molar-refractivity contribution >= 4 is 17.6 Å². The molecule has 1 aromatic heterocycles. The Balaban J connectivity index is 1.59. The molecule has 0 saturated carbocycles. The fraction of sp³-hybridized carbons (Fsp3) is 0.412. The summed E-state index contributed by atoms with van der Waals surface area (Å²) in [4.78, 5) is 14.3. The number of nitrogens with one attached hydrogen (secondary N) is 1. The van der Waals surface area contributed by atoms with Crippen LogP contribution in [0.25, 0.3) is 0 Å². The summed E-state index contributed by atoms with van der Waals surface area (Å²) < 4.78 is 7.10. The van der Waals surface area contributed by atoms with Gasteiger partial charge in [0.25, 0.3) is 0 Å². The highest BCUT2D eigenvalue weighted by Crippen LogP contribution is 2.28. The third-order valence-corrected chi connectivity index (χ3v) is 4.74. The summed E-state index contributed by atoms with van der Waals surface area (Å²) >= 11 is 6.20. The maximum atomic E-state index is 12.4. The van der Waals surface area contributed by atoms with Gasteiger partial charge < -0.3 is 15.0 Å². The van der Waals surface area contributed by atoms with Crippen LogP contribution in [0.2, 0.25) is 5.02 Å². The van der Waals surface area contributed by atoms with E-state index in [0.29, 0.717) is 29.8 Å². The van der Waals surface area contributed by atoms with Crippen molar-refractivity contribution in [2.75, 3.05) is 20.2 Å². The van der Waals surface area contributed by atoms with Gasteiger partial charge in [0, 0.05) is 49.4 Å². The molecule has 2 aromatic rings. The van der Waals surface area contributed by atoms with Crippen molar-refractivity contribution in [1.29, 1.82) is 0 Å². The summed E-state index contributed by atoms with van der Waals surface area (Å²) in [6.45, 7) is 1.79. The molecule has 0 spiro atoms. The number of aromatic nitrogens is 2. The molecule has 1 N–H and O–H groups in total. The van der Waals surface area contributed by atoms with Crippen LogP contribution in [0.3, 0.4) is 0 Å². The van der Waals surface area contributed by atoms with Crippen LogP contribution >= 0.6 is 11.6 Å². The number of halogens is 1. The number of methoxy groups -OCH3 is 1. The van der Waals surface area contributed by atoms with Gasteiger partial charge in [-0.3, -0.25) is 4.68 Å². The fourth-order valence-electron chi connectivity index (χ4n) is 3.05. The van der Waals surface area contributed by atoms with Crippen LogP contribution in [0.5, 0.6) is 5.75 Å². The summed E-state index contributed by atoms with van der Waals surface area (Å²) in [5.74, 6) is 1.02. The number of carbonyl (C=O) groups is 1. The number of benzene rings is 1. The summed E-state index contributed by atoms with van der Waals surface area (Å²) in [5, 5.41) is 7.73. The lowest BCUT2D eigenvalue weighted by atomic mass is 10.0. The normalized spacial score (nSPS) is 17.1. The molecule has 2 amide bonds. The van der Waals surface area contributed by atoms with Gasteiger partial charge in [-0.2, -0.15) is 5.10 Å². The van der Waals surface area contributed by atoms with Gasteiger partial charge in [0.1, 0.15) is 5.75 Å². The molecule has 1 fully saturated rings. The molecule has 1 aliphatic rings. The Hall–Kier alpha value is -2.21. The van der Waals surface area contributed by atoms with Crippen molar-refractivity contribution < 1.29 is 9.53 Å². The number of nitrogens with zero attached hydrogens (tertiary/aromatic N) is 3. The number of hydrogen-bond donors (Lipinski definition) is 1. The first-order valence-corrected chi connectivity index (χ1v) is 8.29. The summed E-state index contributed by atoms with van der Waals surface area (Å²) in [5.41, 5.74) is 1.97. The van der Waals surface area contributed by atoms with Crippen LogP contribution in [0.1, 0.15) is 23.5 Å². The molecule has 6 nitrogen and oxygen atoms in total. The topological polar surface area (TPSA) is 59.4 Å². The van der Waals surface area contributed by atoms with Gasteiger partial charge >= 0.3 is 6.03 Å². The highest BCUT2D eigenvalue weighted by molar-refractivity contribution is 6.31. The predicted octanol–water partition coefficient (Wildman–Crippen LogP) is 2.78. The van der Waals surface area contributed by atoms with E-state index >= 15 is 0 Å². The average Bonchev–Trinajstić information content (AvgIpc) is 3.22. The molecule has 1 aliphatic heterocycles. The molecule has 2 heterocycles. The standard InChI is InChI=1S/C17H21ClN4O2/c1-21-10-13(8-20-21)12-6-7-22(11-12)17(23)19-9-14-15(18)4-3-5-16(14)24-2/h3-5,8,10,12H,6-7,9,11H2,1-2H3,(H,19,23)/t12-/m0/s1. The number of ether oxygens (including phenoxy) is 1. The van der Waals surface area contributed by atoms with Gasteiger partial charge in [-0.25, -0.2) is 4.79 Å². The highest BCUT2D eigenvalue weighted by Gasteiger charge is 2.28. The number of urea groups is 1. The molecule has 24 heavy (non-hydrogen) atoms. The summed E-state index contributed by atoms with van der Waals surface area (Å²) in [6.07, 6.45) is 4.84. The van der Waals surface area contributed by atoms with E-state index in [2.05, 4.69) is 10.4 Å². The number of carbonyl (C=O) groups excluding carboxylic acids is 1. The van der Waals surface area contributed by atoms with Gasteiger partial charge in [0.15, 0.2) is 0 Å². The Morgan fingerprint density at radius 1 is 1.50 bits per heavy atom. The second-order valence-electron chi connectivity index (χ2n) is 5.96. The van der Waals surface area contributed by atoms with E-state index in [0.717, 1.165) is 18.5 Å². The van der Waals surface area contributed by atoms with Crippen LogP contribution < -0.4 is 10.1 Å². The molecular formula is C17H21ClN4O2.